The number of hydrogen-bond donors (Lipinski definition) is 0. The molecule has 0 unspecified atom stereocenters. The summed E-state index contributed by atoms with van der Waals surface area (Å²) in [6.45, 7) is 5.17. The summed E-state index contributed by atoms with van der Waals surface area (Å²) >= 11 is 6.17. The first kappa shape index (κ1) is 17.7. The molecule has 1 aliphatic carbocycles. The summed E-state index contributed by atoms with van der Waals surface area (Å²) in [5, 5.41) is 0.399. The van der Waals surface area contributed by atoms with E-state index in [4.69, 9.17) is 16.3 Å². The molecule has 5 nitrogen and oxygen atoms in total. The van der Waals surface area contributed by atoms with Gasteiger partial charge in [0.1, 0.15) is 11.0 Å². The quantitative estimate of drug-likeness (QED) is 0.636. The highest BCUT2D eigenvalue weighted by molar-refractivity contribution is 6.35. The monoisotopic (exact) mass is 383 g/mol. The zero-order valence-electron chi connectivity index (χ0n) is 15.2. The number of fused-ring (bicyclic) bond motifs is 3. The van der Waals surface area contributed by atoms with Crippen molar-refractivity contribution < 1.29 is 19.1 Å². The molecule has 1 atom stereocenters. The SMILES string of the molecule is CC(C)(C)OC(=O)N1C(=O)[C@]2(Cc3ccccc3C2=O)c2cc(Cl)ccc21. The minimum absolute atomic E-state index is 0.202. The Morgan fingerprint density at radius 3 is 2.52 bits per heavy atom. The van der Waals surface area contributed by atoms with Crippen molar-refractivity contribution in [1.29, 1.82) is 0 Å². The van der Waals surface area contributed by atoms with E-state index in [0.29, 0.717) is 21.8 Å². The number of anilines is 1. The molecule has 1 aliphatic heterocycles. The highest BCUT2D eigenvalue weighted by Crippen LogP contribution is 2.50. The molecule has 2 aliphatic rings. The number of ketones is 1. The average molecular weight is 384 g/mol. The molecule has 2 aromatic rings. The number of carbonyl (C=O) groups excluding carboxylic acids is 3. The van der Waals surface area contributed by atoms with Gasteiger partial charge in [-0.15, -0.1) is 0 Å². The van der Waals surface area contributed by atoms with E-state index in [1.165, 1.54) is 0 Å². The molecule has 1 heterocycles. The molecule has 1 spiro atoms. The van der Waals surface area contributed by atoms with E-state index in [0.717, 1.165) is 10.5 Å². The molecule has 0 aromatic heterocycles. The number of ether oxygens (including phenoxy) is 1. The second-order valence-corrected chi connectivity index (χ2v) is 8.29. The average Bonchev–Trinajstić information content (AvgIpc) is 3.01. The van der Waals surface area contributed by atoms with E-state index in [2.05, 4.69) is 0 Å². The van der Waals surface area contributed by atoms with Gasteiger partial charge in [-0.2, -0.15) is 0 Å². The van der Waals surface area contributed by atoms with Gasteiger partial charge >= 0.3 is 6.09 Å². The fourth-order valence-electron chi connectivity index (χ4n) is 3.83. The Labute approximate surface area is 161 Å². The summed E-state index contributed by atoms with van der Waals surface area (Å²) in [5.41, 5.74) is -0.161. The number of Topliss-reactive ketones (excluding diaryl/α,β-unsaturated/α-hetero) is 1. The first-order valence-corrected chi connectivity index (χ1v) is 9.03. The maximum Gasteiger partial charge on any atom is 0.421 e. The first-order chi connectivity index (χ1) is 12.6. The van der Waals surface area contributed by atoms with Crippen LogP contribution in [0.2, 0.25) is 5.02 Å². The van der Waals surface area contributed by atoms with Gasteiger partial charge in [0.15, 0.2) is 5.78 Å². The van der Waals surface area contributed by atoms with Crippen molar-refractivity contribution in [2.24, 2.45) is 0 Å². The standard InChI is InChI=1S/C21H18ClNO4/c1-20(2,3)27-19(26)23-16-9-8-13(22)10-15(16)21(18(23)25)11-12-6-4-5-7-14(12)17(21)24/h4-10H,11H2,1-3H3/t21-/m1/s1. The van der Waals surface area contributed by atoms with Crippen molar-refractivity contribution in [3.8, 4) is 0 Å². The van der Waals surface area contributed by atoms with Crippen LogP contribution in [0.1, 0.15) is 42.3 Å². The third-order valence-electron chi connectivity index (χ3n) is 4.91. The third-order valence-corrected chi connectivity index (χ3v) is 5.14. The molecule has 0 radical (unpaired) electrons. The molecule has 0 N–H and O–H groups in total. The summed E-state index contributed by atoms with van der Waals surface area (Å²) in [5.74, 6) is -0.895. The lowest BCUT2D eigenvalue weighted by Crippen LogP contribution is -2.48. The van der Waals surface area contributed by atoms with Gasteiger partial charge in [0.2, 0.25) is 0 Å². The number of hydrogen-bond acceptors (Lipinski definition) is 4. The van der Waals surface area contributed by atoms with Crippen LogP contribution in [0.4, 0.5) is 10.5 Å². The number of benzene rings is 2. The Hall–Kier alpha value is -2.66. The lowest BCUT2D eigenvalue weighted by atomic mass is 9.78. The number of imide groups is 1. The Morgan fingerprint density at radius 1 is 1.15 bits per heavy atom. The molecule has 4 rings (SSSR count). The van der Waals surface area contributed by atoms with E-state index in [1.807, 2.05) is 12.1 Å². The van der Waals surface area contributed by atoms with Crippen LogP contribution in [0.15, 0.2) is 42.5 Å². The van der Waals surface area contributed by atoms with E-state index < -0.39 is 23.0 Å². The van der Waals surface area contributed by atoms with Crippen LogP contribution >= 0.6 is 11.6 Å². The molecule has 27 heavy (non-hydrogen) atoms. The topological polar surface area (TPSA) is 63.7 Å². The maximum atomic E-state index is 13.5. The summed E-state index contributed by atoms with van der Waals surface area (Å²) in [4.78, 5) is 40.5. The Balaban J connectivity index is 1.89. The zero-order chi connectivity index (χ0) is 19.6. The largest absolute Gasteiger partial charge is 0.443 e. The number of carbonyl (C=O) groups is 3. The van der Waals surface area contributed by atoms with Crippen LogP contribution in [0.3, 0.4) is 0 Å². The van der Waals surface area contributed by atoms with E-state index in [1.54, 1.807) is 51.1 Å². The highest BCUT2D eigenvalue weighted by Gasteiger charge is 2.61. The number of rotatable bonds is 0. The lowest BCUT2D eigenvalue weighted by Gasteiger charge is -2.25. The molecular formula is C21H18ClNO4. The van der Waals surface area contributed by atoms with Gasteiger partial charge in [-0.3, -0.25) is 9.59 Å². The second-order valence-electron chi connectivity index (χ2n) is 7.85. The van der Waals surface area contributed by atoms with Gasteiger partial charge < -0.3 is 4.74 Å². The Kier molecular flexibility index (Phi) is 3.72. The molecule has 0 saturated heterocycles. The number of amides is 2. The van der Waals surface area contributed by atoms with Crippen LogP contribution < -0.4 is 4.90 Å². The van der Waals surface area contributed by atoms with Crippen LogP contribution in [-0.4, -0.2) is 23.4 Å². The molecule has 0 bridgehead atoms. The van der Waals surface area contributed by atoms with Crippen LogP contribution in [0.25, 0.3) is 0 Å². The molecule has 2 amide bonds. The van der Waals surface area contributed by atoms with Crippen molar-refractivity contribution in [1.82, 2.24) is 0 Å². The van der Waals surface area contributed by atoms with E-state index >= 15 is 0 Å². The van der Waals surface area contributed by atoms with Crippen LogP contribution in [-0.2, 0) is 21.4 Å². The van der Waals surface area contributed by atoms with E-state index in [9.17, 15) is 14.4 Å². The fourth-order valence-corrected chi connectivity index (χ4v) is 4.00. The van der Waals surface area contributed by atoms with Crippen molar-refractivity contribution in [2.45, 2.75) is 38.2 Å². The summed E-state index contributed by atoms with van der Waals surface area (Å²) in [6.07, 6.45) is -0.593. The minimum Gasteiger partial charge on any atom is -0.443 e. The molecule has 2 aromatic carbocycles. The Bertz CT molecular complexity index is 1010. The summed E-state index contributed by atoms with van der Waals surface area (Å²) in [6, 6.07) is 11.9. The van der Waals surface area contributed by atoms with Crippen LogP contribution in [0, 0.1) is 0 Å². The number of nitrogens with zero attached hydrogens (tertiary/aromatic N) is 1. The molecular weight excluding hydrogens is 366 g/mol. The van der Waals surface area contributed by atoms with Gasteiger partial charge in [-0.25, -0.2) is 9.69 Å². The predicted octanol–water partition coefficient (Wildman–Crippen LogP) is 4.30. The van der Waals surface area contributed by atoms with Crippen molar-refractivity contribution in [2.75, 3.05) is 4.90 Å². The zero-order valence-corrected chi connectivity index (χ0v) is 16.0. The Morgan fingerprint density at radius 2 is 1.85 bits per heavy atom. The number of halogens is 1. The molecule has 6 heteroatoms. The van der Waals surface area contributed by atoms with Gasteiger partial charge in [-0.1, -0.05) is 35.9 Å². The smallest absolute Gasteiger partial charge is 0.421 e. The first-order valence-electron chi connectivity index (χ1n) is 8.65. The maximum absolute atomic E-state index is 13.5. The third kappa shape index (κ3) is 2.49. The van der Waals surface area contributed by atoms with Gasteiger partial charge in [0.25, 0.3) is 5.91 Å². The van der Waals surface area contributed by atoms with Crippen LogP contribution in [0.5, 0.6) is 0 Å². The molecule has 0 saturated carbocycles. The minimum atomic E-state index is -1.47. The van der Waals surface area contributed by atoms with Crippen molar-refractivity contribution in [3.63, 3.8) is 0 Å². The normalized spacial score (nSPS) is 20.8. The fraction of sp³-hybridized carbons (Fsp3) is 0.286. The lowest BCUT2D eigenvalue weighted by molar-refractivity contribution is -0.121. The summed E-state index contributed by atoms with van der Waals surface area (Å²) in [7, 11) is 0. The summed E-state index contributed by atoms with van der Waals surface area (Å²) < 4.78 is 5.42. The van der Waals surface area contributed by atoms with E-state index in [-0.39, 0.29) is 12.2 Å². The van der Waals surface area contributed by atoms with Gasteiger partial charge in [-0.05, 0) is 51.0 Å². The van der Waals surface area contributed by atoms with Gasteiger partial charge in [0, 0.05) is 16.1 Å². The second kappa shape index (κ2) is 5.67. The van der Waals surface area contributed by atoms with Gasteiger partial charge in [0.05, 0.1) is 5.69 Å². The van der Waals surface area contributed by atoms with Crippen molar-refractivity contribution in [3.05, 3.63) is 64.2 Å². The molecule has 138 valence electrons. The van der Waals surface area contributed by atoms with Crippen molar-refractivity contribution >= 4 is 35.1 Å². The predicted molar refractivity (Wildman–Crippen MR) is 101 cm³/mol. The molecule has 0 fully saturated rings. The highest BCUT2D eigenvalue weighted by atomic mass is 35.5.